The second kappa shape index (κ2) is 6.06. The number of nitrogens with one attached hydrogen (secondary N) is 1. The van der Waals surface area contributed by atoms with Gasteiger partial charge in [0.2, 0.25) is 0 Å². The van der Waals surface area contributed by atoms with Crippen molar-refractivity contribution >= 4 is 17.4 Å². The second-order valence-corrected chi connectivity index (χ2v) is 6.14. The molecule has 4 nitrogen and oxygen atoms in total. The van der Waals surface area contributed by atoms with Gasteiger partial charge in [-0.3, -0.25) is 0 Å². The molecular formula is C16H20ClN3O. The highest BCUT2D eigenvalue weighted by molar-refractivity contribution is 6.30. The molecule has 0 spiro atoms. The number of furan rings is 1. The molecule has 0 radical (unpaired) electrons. The maximum absolute atomic E-state index is 6.23. The predicted octanol–water partition coefficient (Wildman–Crippen LogP) is 4.34. The summed E-state index contributed by atoms with van der Waals surface area (Å²) in [5, 5.41) is 4.02. The van der Waals surface area contributed by atoms with Gasteiger partial charge in [-0.2, -0.15) is 0 Å². The lowest BCUT2D eigenvalue weighted by atomic mass is 10.1. The molecule has 112 valence electrons. The predicted molar refractivity (Wildman–Crippen MR) is 83.9 cm³/mol. The Bertz CT molecular complexity index is 608. The van der Waals surface area contributed by atoms with Crippen LogP contribution in [0, 0.1) is 6.92 Å². The fraction of sp³-hybridized carbons (Fsp3) is 0.500. The molecule has 1 saturated carbocycles. The van der Waals surface area contributed by atoms with Crippen LogP contribution in [0.1, 0.15) is 49.3 Å². The van der Waals surface area contributed by atoms with Crippen molar-refractivity contribution in [1.29, 1.82) is 0 Å². The van der Waals surface area contributed by atoms with Crippen molar-refractivity contribution in [2.75, 3.05) is 5.32 Å². The van der Waals surface area contributed by atoms with Crippen molar-refractivity contribution < 1.29 is 4.42 Å². The fourth-order valence-corrected chi connectivity index (χ4v) is 2.47. The van der Waals surface area contributed by atoms with E-state index >= 15 is 0 Å². The van der Waals surface area contributed by atoms with E-state index in [1.54, 1.807) is 6.26 Å². The zero-order chi connectivity index (χ0) is 14.8. The molecule has 2 aromatic rings. The molecule has 0 aromatic carbocycles. The minimum Gasteiger partial charge on any atom is -0.469 e. The maximum Gasteiger partial charge on any atom is 0.137 e. The number of aromatic nitrogens is 2. The second-order valence-electron chi connectivity index (χ2n) is 5.78. The molecular weight excluding hydrogens is 286 g/mol. The number of hydrogen-bond acceptors (Lipinski definition) is 4. The maximum atomic E-state index is 6.23. The van der Waals surface area contributed by atoms with Crippen LogP contribution in [0.2, 0.25) is 5.15 Å². The number of aryl methyl sites for hydroxylation is 1. The molecule has 1 N–H and O–H groups in total. The van der Waals surface area contributed by atoms with Crippen molar-refractivity contribution in [1.82, 2.24) is 9.97 Å². The standard InChI is InChI=1S/C16H20ClN3O/c1-10(5-8-13-4-3-9-21-13)18-15-11(2)14(17)19-16(20-15)12-6-7-12/h3-4,9-10,12H,5-8H2,1-2H3,(H,18,19,20). The Hall–Kier alpha value is -1.55. The van der Waals surface area contributed by atoms with Crippen LogP contribution in [0.25, 0.3) is 0 Å². The summed E-state index contributed by atoms with van der Waals surface area (Å²) in [6.45, 7) is 4.11. The van der Waals surface area contributed by atoms with Gasteiger partial charge in [0.1, 0.15) is 22.6 Å². The highest BCUT2D eigenvalue weighted by Crippen LogP contribution is 2.39. The third-order valence-electron chi connectivity index (χ3n) is 3.83. The third-order valence-corrected chi connectivity index (χ3v) is 4.20. The summed E-state index contributed by atoms with van der Waals surface area (Å²) in [6.07, 6.45) is 5.95. The SMILES string of the molecule is Cc1c(Cl)nc(C2CC2)nc1NC(C)CCc1ccco1. The summed E-state index contributed by atoms with van der Waals surface area (Å²) in [5.74, 6) is 3.26. The van der Waals surface area contributed by atoms with E-state index in [4.69, 9.17) is 16.0 Å². The van der Waals surface area contributed by atoms with Crippen LogP contribution in [0.3, 0.4) is 0 Å². The van der Waals surface area contributed by atoms with Crippen LogP contribution < -0.4 is 5.32 Å². The van der Waals surface area contributed by atoms with Crippen LogP contribution in [0.5, 0.6) is 0 Å². The van der Waals surface area contributed by atoms with Crippen molar-refractivity contribution in [2.24, 2.45) is 0 Å². The minimum atomic E-state index is 0.298. The molecule has 5 heteroatoms. The minimum absolute atomic E-state index is 0.298. The molecule has 0 aliphatic heterocycles. The zero-order valence-electron chi connectivity index (χ0n) is 12.4. The number of nitrogens with zero attached hydrogens (tertiary/aromatic N) is 2. The molecule has 21 heavy (non-hydrogen) atoms. The number of hydrogen-bond donors (Lipinski definition) is 1. The topological polar surface area (TPSA) is 51.0 Å². The van der Waals surface area contributed by atoms with E-state index in [-0.39, 0.29) is 0 Å². The normalized spacial score (nSPS) is 16.0. The molecule has 0 saturated heterocycles. The van der Waals surface area contributed by atoms with Crippen LogP contribution in [0.4, 0.5) is 5.82 Å². The van der Waals surface area contributed by atoms with Gasteiger partial charge in [0.15, 0.2) is 0 Å². The van der Waals surface area contributed by atoms with Crippen molar-refractivity contribution in [3.05, 3.63) is 40.7 Å². The molecule has 2 aromatic heterocycles. The van der Waals surface area contributed by atoms with Crippen LogP contribution in [-0.2, 0) is 6.42 Å². The molecule has 1 atom stereocenters. The van der Waals surface area contributed by atoms with Gasteiger partial charge in [0.05, 0.1) is 6.26 Å². The summed E-state index contributed by atoms with van der Waals surface area (Å²) in [6, 6.07) is 4.22. The highest BCUT2D eigenvalue weighted by Gasteiger charge is 2.28. The lowest BCUT2D eigenvalue weighted by Crippen LogP contribution is -2.18. The Morgan fingerprint density at radius 1 is 1.43 bits per heavy atom. The zero-order valence-corrected chi connectivity index (χ0v) is 13.2. The number of anilines is 1. The summed E-state index contributed by atoms with van der Waals surface area (Å²) in [4.78, 5) is 9.04. The van der Waals surface area contributed by atoms with E-state index in [9.17, 15) is 0 Å². The first-order valence-electron chi connectivity index (χ1n) is 7.46. The lowest BCUT2D eigenvalue weighted by Gasteiger charge is -2.17. The quantitative estimate of drug-likeness (QED) is 0.806. The molecule has 0 amide bonds. The summed E-state index contributed by atoms with van der Waals surface area (Å²) in [5.41, 5.74) is 0.922. The summed E-state index contributed by atoms with van der Waals surface area (Å²) in [7, 11) is 0. The van der Waals surface area contributed by atoms with Crippen molar-refractivity contribution in [2.45, 2.75) is 51.5 Å². The fourth-order valence-electron chi connectivity index (χ4n) is 2.29. The Morgan fingerprint density at radius 2 is 2.24 bits per heavy atom. The van der Waals surface area contributed by atoms with Crippen LogP contribution >= 0.6 is 11.6 Å². The van der Waals surface area contributed by atoms with Crippen LogP contribution in [-0.4, -0.2) is 16.0 Å². The lowest BCUT2D eigenvalue weighted by molar-refractivity contribution is 0.494. The average Bonchev–Trinajstić information content (AvgIpc) is 3.18. The highest BCUT2D eigenvalue weighted by atomic mass is 35.5. The van der Waals surface area contributed by atoms with Gasteiger partial charge in [-0.25, -0.2) is 9.97 Å². The Morgan fingerprint density at radius 3 is 2.90 bits per heavy atom. The van der Waals surface area contributed by atoms with E-state index in [0.717, 1.165) is 35.8 Å². The Labute approximate surface area is 129 Å². The van der Waals surface area contributed by atoms with Crippen LogP contribution in [0.15, 0.2) is 22.8 Å². The first-order valence-corrected chi connectivity index (χ1v) is 7.84. The van der Waals surface area contributed by atoms with Crippen molar-refractivity contribution in [3.63, 3.8) is 0 Å². The van der Waals surface area contributed by atoms with E-state index < -0.39 is 0 Å². The van der Waals surface area contributed by atoms with Gasteiger partial charge in [-0.05, 0) is 45.2 Å². The monoisotopic (exact) mass is 305 g/mol. The van der Waals surface area contributed by atoms with Gasteiger partial charge in [-0.15, -0.1) is 0 Å². The Balaban J connectivity index is 1.65. The first-order chi connectivity index (χ1) is 10.1. The molecule has 1 fully saturated rings. The van der Waals surface area contributed by atoms with E-state index in [0.29, 0.717) is 17.1 Å². The van der Waals surface area contributed by atoms with Gasteiger partial charge in [-0.1, -0.05) is 11.6 Å². The average molecular weight is 306 g/mol. The third kappa shape index (κ3) is 3.56. The van der Waals surface area contributed by atoms with Gasteiger partial charge >= 0.3 is 0 Å². The molecule has 3 rings (SSSR count). The summed E-state index contributed by atoms with van der Waals surface area (Å²) < 4.78 is 5.36. The largest absolute Gasteiger partial charge is 0.469 e. The van der Waals surface area contributed by atoms with E-state index in [1.165, 1.54) is 12.8 Å². The van der Waals surface area contributed by atoms with E-state index in [2.05, 4.69) is 22.2 Å². The molecule has 1 aliphatic carbocycles. The molecule has 0 bridgehead atoms. The first kappa shape index (κ1) is 14.4. The molecule has 1 unspecified atom stereocenters. The number of rotatable bonds is 6. The Kier molecular flexibility index (Phi) is 4.15. The molecule has 2 heterocycles. The van der Waals surface area contributed by atoms with E-state index in [1.807, 2.05) is 19.1 Å². The summed E-state index contributed by atoms with van der Waals surface area (Å²) >= 11 is 6.23. The van der Waals surface area contributed by atoms with Gasteiger partial charge in [0.25, 0.3) is 0 Å². The number of halogens is 1. The van der Waals surface area contributed by atoms with Gasteiger partial charge < -0.3 is 9.73 Å². The van der Waals surface area contributed by atoms with Crippen molar-refractivity contribution in [3.8, 4) is 0 Å². The molecule has 1 aliphatic rings. The smallest absolute Gasteiger partial charge is 0.137 e. The van der Waals surface area contributed by atoms with Gasteiger partial charge in [0, 0.05) is 23.9 Å².